The van der Waals surface area contributed by atoms with Gasteiger partial charge in [0.2, 0.25) is 5.56 Å². The first-order chi connectivity index (χ1) is 6.70. The van der Waals surface area contributed by atoms with Gasteiger partial charge in [0.05, 0.1) is 6.61 Å². The van der Waals surface area contributed by atoms with Crippen LogP contribution in [-0.2, 0) is 6.61 Å². The summed E-state index contributed by atoms with van der Waals surface area (Å²) in [6.45, 7) is 0.00149. The molecule has 0 spiro atoms. The maximum Gasteiger partial charge on any atom is 0.249 e. The monoisotopic (exact) mass is 253 g/mol. The number of aromatic amines is 1. The SMILES string of the molecule is O=c1cc(Br)c2cc(CO)ccc2[nH]1. The van der Waals surface area contributed by atoms with Gasteiger partial charge in [0.25, 0.3) is 0 Å². The van der Waals surface area contributed by atoms with Crippen LogP contribution in [0.2, 0.25) is 0 Å². The molecule has 72 valence electrons. The van der Waals surface area contributed by atoms with Crippen molar-refractivity contribution in [3.63, 3.8) is 0 Å². The zero-order chi connectivity index (χ0) is 10.1. The molecule has 0 radical (unpaired) electrons. The van der Waals surface area contributed by atoms with Crippen LogP contribution in [0.5, 0.6) is 0 Å². The Bertz CT molecular complexity index is 533. The van der Waals surface area contributed by atoms with Gasteiger partial charge in [-0.1, -0.05) is 6.07 Å². The molecule has 0 aliphatic rings. The second-order valence-electron chi connectivity index (χ2n) is 3.02. The van der Waals surface area contributed by atoms with Gasteiger partial charge in [0.1, 0.15) is 0 Å². The molecule has 0 fully saturated rings. The summed E-state index contributed by atoms with van der Waals surface area (Å²) in [5.41, 5.74) is 1.45. The number of rotatable bonds is 1. The second kappa shape index (κ2) is 3.55. The highest BCUT2D eigenvalue weighted by molar-refractivity contribution is 9.10. The average molecular weight is 254 g/mol. The van der Waals surface area contributed by atoms with E-state index in [1.165, 1.54) is 6.07 Å². The summed E-state index contributed by atoms with van der Waals surface area (Å²) in [5, 5.41) is 9.85. The average Bonchev–Trinajstić information content (AvgIpc) is 2.17. The third kappa shape index (κ3) is 1.58. The van der Waals surface area contributed by atoms with Crippen LogP contribution in [0, 0.1) is 0 Å². The molecule has 0 aliphatic carbocycles. The molecule has 0 unspecified atom stereocenters. The fraction of sp³-hybridized carbons (Fsp3) is 0.100. The number of hydrogen-bond acceptors (Lipinski definition) is 2. The Labute approximate surface area is 88.5 Å². The van der Waals surface area contributed by atoms with Crippen molar-refractivity contribution < 1.29 is 5.11 Å². The van der Waals surface area contributed by atoms with Gasteiger partial charge < -0.3 is 10.1 Å². The summed E-state index contributed by atoms with van der Waals surface area (Å²) in [6, 6.07) is 6.89. The van der Waals surface area contributed by atoms with Crippen LogP contribution in [-0.4, -0.2) is 10.1 Å². The number of aromatic nitrogens is 1. The Kier molecular flexibility index (Phi) is 2.39. The van der Waals surface area contributed by atoms with Crippen molar-refractivity contribution in [2.45, 2.75) is 6.61 Å². The predicted molar refractivity (Wildman–Crippen MR) is 58.2 cm³/mol. The lowest BCUT2D eigenvalue weighted by Gasteiger charge is -2.02. The summed E-state index contributed by atoms with van der Waals surface area (Å²) in [5.74, 6) is 0. The molecule has 2 N–H and O–H groups in total. The first-order valence-electron chi connectivity index (χ1n) is 4.13. The molecule has 1 heterocycles. The molecule has 0 amide bonds. The molecule has 0 saturated heterocycles. The number of fused-ring (bicyclic) bond motifs is 1. The number of aliphatic hydroxyl groups is 1. The van der Waals surface area contributed by atoms with Crippen LogP contribution in [0.4, 0.5) is 0 Å². The number of pyridine rings is 1. The summed E-state index contributed by atoms with van der Waals surface area (Å²) >= 11 is 3.31. The molecule has 4 heteroatoms. The van der Waals surface area contributed by atoms with E-state index in [9.17, 15) is 4.79 Å². The van der Waals surface area contributed by atoms with Gasteiger partial charge in [0.15, 0.2) is 0 Å². The molecule has 0 bridgehead atoms. The fourth-order valence-electron chi connectivity index (χ4n) is 1.36. The largest absolute Gasteiger partial charge is 0.392 e. The number of benzene rings is 1. The fourth-order valence-corrected chi connectivity index (χ4v) is 1.89. The zero-order valence-corrected chi connectivity index (χ0v) is 8.84. The van der Waals surface area contributed by atoms with Gasteiger partial charge in [0, 0.05) is 21.4 Å². The van der Waals surface area contributed by atoms with Crippen LogP contribution in [0.1, 0.15) is 5.56 Å². The minimum Gasteiger partial charge on any atom is -0.392 e. The predicted octanol–water partition coefficient (Wildman–Crippen LogP) is 1.78. The van der Waals surface area contributed by atoms with Crippen molar-refractivity contribution in [3.05, 3.63) is 44.7 Å². The molecule has 0 saturated carbocycles. The number of hydrogen-bond donors (Lipinski definition) is 2. The van der Waals surface area contributed by atoms with E-state index >= 15 is 0 Å². The van der Waals surface area contributed by atoms with Gasteiger partial charge in [-0.3, -0.25) is 4.79 Å². The van der Waals surface area contributed by atoms with Crippen molar-refractivity contribution in [3.8, 4) is 0 Å². The molecule has 0 aliphatic heterocycles. The minimum atomic E-state index is -0.138. The van der Waals surface area contributed by atoms with Gasteiger partial charge >= 0.3 is 0 Å². The van der Waals surface area contributed by atoms with E-state index in [0.717, 1.165) is 20.9 Å². The number of nitrogens with one attached hydrogen (secondary N) is 1. The Hall–Kier alpha value is -1.13. The molecular weight excluding hydrogens is 246 g/mol. The highest BCUT2D eigenvalue weighted by atomic mass is 79.9. The number of aliphatic hydroxyl groups excluding tert-OH is 1. The van der Waals surface area contributed by atoms with E-state index in [2.05, 4.69) is 20.9 Å². The zero-order valence-electron chi connectivity index (χ0n) is 7.25. The second-order valence-corrected chi connectivity index (χ2v) is 3.87. The van der Waals surface area contributed by atoms with Crippen molar-refractivity contribution in [2.75, 3.05) is 0 Å². The van der Waals surface area contributed by atoms with E-state index < -0.39 is 0 Å². The summed E-state index contributed by atoms with van der Waals surface area (Å²) in [4.78, 5) is 13.8. The summed E-state index contributed by atoms with van der Waals surface area (Å²) < 4.78 is 0.742. The molecule has 3 nitrogen and oxygen atoms in total. The lowest BCUT2D eigenvalue weighted by Crippen LogP contribution is -2.03. The van der Waals surface area contributed by atoms with Crippen LogP contribution in [0.15, 0.2) is 33.5 Å². The van der Waals surface area contributed by atoms with Gasteiger partial charge in [-0.05, 0) is 33.6 Å². The highest BCUT2D eigenvalue weighted by Crippen LogP contribution is 2.21. The van der Waals surface area contributed by atoms with Crippen LogP contribution in [0.3, 0.4) is 0 Å². The van der Waals surface area contributed by atoms with E-state index in [0.29, 0.717) is 0 Å². The first-order valence-corrected chi connectivity index (χ1v) is 4.92. The maximum absolute atomic E-state index is 11.1. The Morgan fingerprint density at radius 1 is 1.36 bits per heavy atom. The standard InChI is InChI=1S/C10H8BrNO2/c11-8-4-10(14)12-9-2-1-6(5-13)3-7(8)9/h1-4,13H,5H2,(H,12,14). The molecule has 1 aromatic carbocycles. The van der Waals surface area contributed by atoms with Gasteiger partial charge in [-0.25, -0.2) is 0 Å². The molecule has 0 atom stereocenters. The van der Waals surface area contributed by atoms with E-state index in [1.54, 1.807) is 12.1 Å². The molecule has 14 heavy (non-hydrogen) atoms. The first kappa shape index (κ1) is 9.43. The van der Waals surface area contributed by atoms with Gasteiger partial charge in [-0.15, -0.1) is 0 Å². The van der Waals surface area contributed by atoms with Crippen LogP contribution >= 0.6 is 15.9 Å². The van der Waals surface area contributed by atoms with Crippen molar-refractivity contribution >= 4 is 26.8 Å². The topological polar surface area (TPSA) is 53.1 Å². The van der Waals surface area contributed by atoms with Crippen LogP contribution in [0.25, 0.3) is 10.9 Å². The van der Waals surface area contributed by atoms with E-state index in [-0.39, 0.29) is 12.2 Å². The van der Waals surface area contributed by atoms with Gasteiger partial charge in [-0.2, -0.15) is 0 Å². The van der Waals surface area contributed by atoms with Crippen molar-refractivity contribution in [1.82, 2.24) is 4.98 Å². The number of H-pyrrole nitrogens is 1. The normalized spacial score (nSPS) is 10.7. The molecule has 2 aromatic rings. The lowest BCUT2D eigenvalue weighted by molar-refractivity contribution is 0.282. The summed E-state index contributed by atoms with van der Waals surface area (Å²) in [7, 11) is 0. The third-order valence-electron chi connectivity index (χ3n) is 2.04. The number of halogens is 1. The van der Waals surface area contributed by atoms with Crippen molar-refractivity contribution in [1.29, 1.82) is 0 Å². The smallest absolute Gasteiger partial charge is 0.249 e. The molecule has 2 rings (SSSR count). The van der Waals surface area contributed by atoms with E-state index in [4.69, 9.17) is 5.11 Å². The van der Waals surface area contributed by atoms with E-state index in [1.807, 2.05) is 6.07 Å². The Morgan fingerprint density at radius 2 is 2.14 bits per heavy atom. The summed E-state index contributed by atoms with van der Waals surface area (Å²) in [6.07, 6.45) is 0. The Balaban J connectivity index is 2.82. The van der Waals surface area contributed by atoms with Crippen molar-refractivity contribution in [2.24, 2.45) is 0 Å². The third-order valence-corrected chi connectivity index (χ3v) is 2.70. The quantitative estimate of drug-likeness (QED) is 0.815. The molecule has 1 aromatic heterocycles. The maximum atomic E-state index is 11.1. The Morgan fingerprint density at radius 3 is 2.86 bits per heavy atom. The molecular formula is C10H8BrNO2. The lowest BCUT2D eigenvalue weighted by atomic mass is 10.1. The highest BCUT2D eigenvalue weighted by Gasteiger charge is 2.01. The minimum absolute atomic E-state index is 0.00149. The van der Waals surface area contributed by atoms with Crippen LogP contribution < -0.4 is 5.56 Å².